The molecule has 2 aromatic carbocycles. The van der Waals surface area contributed by atoms with Crippen LogP contribution >= 0.6 is 23.2 Å². The van der Waals surface area contributed by atoms with Crippen molar-refractivity contribution in [3.63, 3.8) is 0 Å². The van der Waals surface area contributed by atoms with Gasteiger partial charge in [0, 0.05) is 74.1 Å². The number of hydrogen-bond donors (Lipinski definition) is 3. The number of alkyl carbamates (subject to hydrolysis) is 1. The molecule has 374 valence electrons. The summed E-state index contributed by atoms with van der Waals surface area (Å²) < 4.78 is 46.2. The van der Waals surface area contributed by atoms with Crippen LogP contribution in [0.1, 0.15) is 70.5 Å². The van der Waals surface area contributed by atoms with Gasteiger partial charge in [-0.25, -0.2) is 38.2 Å². The lowest BCUT2D eigenvalue weighted by molar-refractivity contribution is -0.0368. The number of carbonyl (C=O) groups excluding carboxylic acids is 1. The Kier molecular flexibility index (Phi) is 13.0. The predicted molar refractivity (Wildman–Crippen MR) is 269 cm³/mol. The van der Waals surface area contributed by atoms with Crippen LogP contribution < -0.4 is 20.9 Å². The van der Waals surface area contributed by atoms with Gasteiger partial charge in [0.1, 0.15) is 34.7 Å². The minimum Gasteiger partial charge on any atom is -0.444 e. The first-order chi connectivity index (χ1) is 33.9. The van der Waals surface area contributed by atoms with Crippen LogP contribution in [-0.2, 0) is 23.6 Å². The Morgan fingerprint density at radius 2 is 1.44 bits per heavy atom. The smallest absolute Gasteiger partial charge is 0.407 e. The van der Waals surface area contributed by atoms with E-state index in [0.29, 0.717) is 99.3 Å². The quantitative estimate of drug-likeness (QED) is 0.143. The number of ether oxygens (including phenoxy) is 2. The molecule has 0 spiro atoms. The highest BCUT2D eigenvalue weighted by Gasteiger charge is 2.35. The highest BCUT2D eigenvalue weighted by atomic mass is 35.5. The van der Waals surface area contributed by atoms with Crippen LogP contribution in [0.25, 0.3) is 66.6 Å². The summed E-state index contributed by atoms with van der Waals surface area (Å²) in [5, 5.41) is 26.7. The zero-order chi connectivity index (χ0) is 50.0. The third-order valence-corrected chi connectivity index (χ3v) is 13.9. The number of rotatable bonds is 6. The minimum absolute atomic E-state index is 0.0614. The van der Waals surface area contributed by atoms with E-state index in [0.717, 1.165) is 52.2 Å². The van der Waals surface area contributed by atoms with Crippen LogP contribution in [0.5, 0.6) is 0 Å². The number of amides is 1. The van der Waals surface area contributed by atoms with Crippen LogP contribution in [-0.4, -0.2) is 128 Å². The van der Waals surface area contributed by atoms with Crippen molar-refractivity contribution in [2.75, 3.05) is 42.6 Å². The van der Waals surface area contributed by atoms with Crippen molar-refractivity contribution < 1.29 is 23.0 Å². The summed E-state index contributed by atoms with van der Waals surface area (Å²) in [6.45, 7) is 11.1. The van der Waals surface area contributed by atoms with Gasteiger partial charge in [0.05, 0.1) is 57.3 Å². The molecule has 23 heteroatoms. The number of halogens is 4. The first-order valence-electron chi connectivity index (χ1n) is 23.8. The van der Waals surface area contributed by atoms with Crippen LogP contribution in [0.2, 0.25) is 10.0 Å². The molecule has 5 atom stereocenters. The summed E-state index contributed by atoms with van der Waals surface area (Å²) in [4.78, 5) is 35.4. The molecule has 0 bridgehead atoms. The summed E-state index contributed by atoms with van der Waals surface area (Å²) in [5.41, 5.74) is 13.2. The Balaban J connectivity index is 0.000000175. The number of aromatic nitrogens is 12. The van der Waals surface area contributed by atoms with Gasteiger partial charge in [-0.15, -0.1) is 0 Å². The number of aromatic amines is 1. The van der Waals surface area contributed by atoms with Gasteiger partial charge in [-0.05, 0) is 91.0 Å². The van der Waals surface area contributed by atoms with Gasteiger partial charge < -0.3 is 30.3 Å². The summed E-state index contributed by atoms with van der Waals surface area (Å²) >= 11 is 13.6. The van der Waals surface area contributed by atoms with E-state index in [4.69, 9.17) is 58.5 Å². The number of nitrogens with two attached hydrogens (primary N) is 1. The molecule has 0 saturated carbocycles. The van der Waals surface area contributed by atoms with E-state index in [-0.39, 0.29) is 19.3 Å². The molecule has 3 fully saturated rings. The third-order valence-electron chi connectivity index (χ3n) is 13.1. The molecule has 8 aromatic rings. The van der Waals surface area contributed by atoms with Gasteiger partial charge >= 0.3 is 6.09 Å². The van der Waals surface area contributed by atoms with Crippen molar-refractivity contribution in [1.29, 1.82) is 0 Å². The first-order valence-corrected chi connectivity index (χ1v) is 24.5. The molecule has 19 nitrogen and oxygen atoms in total. The fourth-order valence-electron chi connectivity index (χ4n) is 9.58. The molecular formula is C48H56Cl2F2N16O3. The largest absolute Gasteiger partial charge is 0.444 e. The lowest BCUT2D eigenvalue weighted by Crippen LogP contribution is -2.53. The van der Waals surface area contributed by atoms with Crippen molar-refractivity contribution in [3.05, 3.63) is 58.1 Å². The lowest BCUT2D eigenvalue weighted by atomic mass is 10.0. The zero-order valence-corrected chi connectivity index (χ0v) is 42.1. The molecule has 4 N–H and O–H groups in total. The van der Waals surface area contributed by atoms with Crippen molar-refractivity contribution in [2.45, 2.75) is 103 Å². The lowest BCUT2D eigenvalue weighted by Gasteiger charge is -2.36. The number of carbonyl (C=O) groups is 1. The standard InChI is InChI=1S/C29H36ClFN8O3.C19H20ClFN8/c1-16-26(38-12-11-21(19(31)15-38)33-28(40)42-29(2,3)4)34-27-25(32-16)24(36-39(27)22-8-6-7-13-41-22)17-9-10-20-18(23(17)30)14-37(5)35-20;1-9-19(29-6-5-13(22)12(21)8-29)24-18-17(23-9)16(25-26-18)10-3-4-14-11(15(10)20)7-28(2)27-14/h9-10,14,19,21-22H,6-8,11-13,15H2,1-5H3,(H,33,40);3-4,7,12-13H,5-6,8,22H2,1-2H3,(H,24,25,26)/t19-,21+,22?;12-,13+/m11/s1. The Hall–Kier alpha value is -6.29. The molecule has 3 aliphatic rings. The van der Waals surface area contributed by atoms with Gasteiger partial charge in [-0.2, -0.15) is 20.4 Å². The Labute approximate surface area is 417 Å². The molecule has 1 unspecified atom stereocenters. The van der Waals surface area contributed by atoms with E-state index in [2.05, 4.69) is 30.7 Å². The summed E-state index contributed by atoms with van der Waals surface area (Å²) in [6, 6.07) is 6.57. The molecule has 11 rings (SSSR count). The molecule has 1 amide bonds. The van der Waals surface area contributed by atoms with Crippen molar-refractivity contribution in [3.8, 4) is 22.5 Å². The van der Waals surface area contributed by atoms with E-state index in [1.165, 1.54) is 0 Å². The summed E-state index contributed by atoms with van der Waals surface area (Å²) in [6.07, 6.45) is 4.23. The van der Waals surface area contributed by atoms with Gasteiger partial charge in [-0.1, -0.05) is 23.2 Å². The molecule has 0 aliphatic carbocycles. The number of piperidine rings is 2. The number of aryl methyl sites for hydroxylation is 4. The maximum absolute atomic E-state index is 15.4. The van der Waals surface area contributed by atoms with Gasteiger partial charge in [-0.3, -0.25) is 14.5 Å². The molecular weight excluding hydrogens is 958 g/mol. The molecule has 6 aromatic heterocycles. The topological polar surface area (TPSA) is 214 Å². The fourth-order valence-corrected chi connectivity index (χ4v) is 10.2. The zero-order valence-electron chi connectivity index (χ0n) is 40.5. The van der Waals surface area contributed by atoms with E-state index >= 15 is 4.39 Å². The second kappa shape index (κ2) is 19.0. The minimum atomic E-state index is -1.31. The van der Waals surface area contributed by atoms with Crippen molar-refractivity contribution in [1.82, 2.24) is 64.8 Å². The van der Waals surface area contributed by atoms with Gasteiger partial charge in [0.25, 0.3) is 0 Å². The molecule has 3 aliphatic heterocycles. The number of benzene rings is 2. The van der Waals surface area contributed by atoms with Crippen LogP contribution in [0.4, 0.5) is 25.2 Å². The monoisotopic (exact) mass is 1010 g/mol. The van der Waals surface area contributed by atoms with Crippen LogP contribution in [0.15, 0.2) is 36.7 Å². The molecule has 9 heterocycles. The molecule has 3 saturated heterocycles. The average Bonchev–Trinajstić information content (AvgIpc) is 4.11. The normalized spacial score (nSPS) is 21.0. The number of fused-ring (bicyclic) bond motifs is 4. The Bertz CT molecular complexity index is 3310. The van der Waals surface area contributed by atoms with E-state index in [1.807, 2.05) is 74.4 Å². The first kappa shape index (κ1) is 48.3. The summed E-state index contributed by atoms with van der Waals surface area (Å²) in [7, 11) is 3.71. The number of H-pyrrole nitrogens is 1. The van der Waals surface area contributed by atoms with E-state index < -0.39 is 36.1 Å². The Morgan fingerprint density at radius 3 is 2.07 bits per heavy atom. The number of nitrogens with one attached hydrogen (secondary N) is 2. The SMILES string of the molecule is Cc1nc2c(-c3ccc4nn(C)cc4c3Cl)[nH]nc2nc1N1CC[C@H](N)[C@H](F)C1.Cc1nc2c(-c3ccc4nn(C)cc4c3Cl)nn(C3CCCCO3)c2nc1N1CC[C@H](NC(=O)OC(C)(C)C)[C@H](F)C1. The predicted octanol–water partition coefficient (Wildman–Crippen LogP) is 8.23. The molecule has 0 radical (unpaired) electrons. The van der Waals surface area contributed by atoms with Crippen molar-refractivity contribution >= 4 is 85.1 Å². The number of hydrogen-bond acceptors (Lipinski definition) is 14. The fraction of sp³-hybridized carbons (Fsp3) is 0.479. The number of alkyl halides is 2. The second-order valence-electron chi connectivity index (χ2n) is 19.6. The van der Waals surface area contributed by atoms with Crippen molar-refractivity contribution in [2.24, 2.45) is 19.8 Å². The van der Waals surface area contributed by atoms with Crippen LogP contribution in [0.3, 0.4) is 0 Å². The number of anilines is 2. The highest BCUT2D eigenvalue weighted by Crippen LogP contribution is 2.40. The highest BCUT2D eigenvalue weighted by molar-refractivity contribution is 6.39. The number of nitrogens with zero attached hydrogens (tertiary/aromatic N) is 13. The Morgan fingerprint density at radius 1 is 0.817 bits per heavy atom. The molecule has 71 heavy (non-hydrogen) atoms. The maximum atomic E-state index is 15.4. The maximum Gasteiger partial charge on any atom is 0.407 e. The third kappa shape index (κ3) is 9.51. The van der Waals surface area contributed by atoms with Gasteiger partial charge in [0.2, 0.25) is 5.65 Å². The second-order valence-corrected chi connectivity index (χ2v) is 20.3. The average molecular weight is 1010 g/mol. The van der Waals surface area contributed by atoms with E-state index in [1.54, 1.807) is 34.8 Å². The van der Waals surface area contributed by atoms with Crippen LogP contribution in [0, 0.1) is 13.8 Å². The summed E-state index contributed by atoms with van der Waals surface area (Å²) in [5.74, 6) is 1.22. The van der Waals surface area contributed by atoms with E-state index in [9.17, 15) is 9.18 Å². The van der Waals surface area contributed by atoms with Gasteiger partial charge in [0.15, 0.2) is 23.5 Å².